The van der Waals surface area contributed by atoms with Gasteiger partial charge in [0.1, 0.15) is 0 Å². The van der Waals surface area contributed by atoms with Crippen molar-refractivity contribution >= 4 is 23.5 Å². The zero-order valence-corrected chi connectivity index (χ0v) is 13.9. The van der Waals surface area contributed by atoms with Gasteiger partial charge in [0.05, 0.1) is 0 Å². The Balaban J connectivity index is 2.04. The molecule has 4 rings (SSSR count). The average Bonchev–Trinajstić information content (AvgIpc) is 2.98. The Morgan fingerprint density at radius 3 is 2.74 bits per heavy atom. The van der Waals surface area contributed by atoms with E-state index >= 15 is 0 Å². The van der Waals surface area contributed by atoms with Crippen molar-refractivity contribution in [3.8, 4) is 0 Å². The van der Waals surface area contributed by atoms with Crippen molar-refractivity contribution in [3.05, 3.63) is 32.6 Å². The molecule has 0 aromatic carbocycles. The summed E-state index contributed by atoms with van der Waals surface area (Å²) in [6.07, 6.45) is 6.61. The monoisotopic (exact) mass is 290 g/mol. The molecule has 2 heteroatoms. The highest BCUT2D eigenvalue weighted by Crippen LogP contribution is 2.70. The second kappa shape index (κ2) is 3.76. The van der Waals surface area contributed by atoms with Gasteiger partial charge in [-0.25, -0.2) is 0 Å². The van der Waals surface area contributed by atoms with Crippen LogP contribution in [-0.2, 0) is 0 Å². The van der Waals surface area contributed by atoms with Crippen molar-refractivity contribution in [2.75, 3.05) is 5.75 Å². The largest absolute Gasteiger partial charge is 0.149 e. The molecule has 0 N–H and O–H groups in total. The first-order valence-corrected chi connectivity index (χ1v) is 9.26. The molecule has 1 saturated carbocycles. The van der Waals surface area contributed by atoms with E-state index in [4.69, 9.17) is 0 Å². The Labute approximate surface area is 125 Å². The fraction of sp³-hybridized carbons (Fsp3) is 0.647. The summed E-state index contributed by atoms with van der Waals surface area (Å²) < 4.78 is 0.315. The molecule has 0 aromatic rings. The lowest BCUT2D eigenvalue weighted by atomic mass is 9.64. The summed E-state index contributed by atoms with van der Waals surface area (Å²) in [6, 6.07) is 0. The van der Waals surface area contributed by atoms with Crippen molar-refractivity contribution < 1.29 is 0 Å². The fourth-order valence-corrected chi connectivity index (χ4v) is 7.92. The third-order valence-corrected chi connectivity index (χ3v) is 8.87. The van der Waals surface area contributed by atoms with E-state index in [-0.39, 0.29) is 5.41 Å². The van der Waals surface area contributed by atoms with Crippen molar-refractivity contribution in [1.82, 2.24) is 0 Å². The lowest BCUT2D eigenvalue weighted by Gasteiger charge is -2.47. The minimum Gasteiger partial charge on any atom is -0.149 e. The predicted molar refractivity (Wildman–Crippen MR) is 87.4 cm³/mol. The number of hydrogen-bond acceptors (Lipinski definition) is 2. The SMILES string of the molecule is CC1=CC2(C)C(=C3CCCC3=C3C(C)CSC32C)S1. The van der Waals surface area contributed by atoms with Crippen LogP contribution in [0.1, 0.15) is 47.0 Å². The van der Waals surface area contributed by atoms with E-state index in [2.05, 4.69) is 57.3 Å². The Morgan fingerprint density at radius 1 is 1.21 bits per heavy atom. The molecule has 2 heterocycles. The molecule has 19 heavy (non-hydrogen) atoms. The van der Waals surface area contributed by atoms with Gasteiger partial charge in [-0.2, -0.15) is 0 Å². The van der Waals surface area contributed by atoms with E-state index in [1.807, 2.05) is 5.57 Å². The predicted octanol–water partition coefficient (Wildman–Crippen LogP) is 5.53. The van der Waals surface area contributed by atoms with Crippen molar-refractivity contribution in [2.45, 2.75) is 51.7 Å². The van der Waals surface area contributed by atoms with Crippen LogP contribution < -0.4 is 0 Å². The van der Waals surface area contributed by atoms with Crippen LogP contribution in [0.4, 0.5) is 0 Å². The van der Waals surface area contributed by atoms with Crippen LogP contribution in [0.3, 0.4) is 0 Å². The second-order valence-corrected chi connectivity index (χ2v) is 9.55. The number of rotatable bonds is 0. The summed E-state index contributed by atoms with van der Waals surface area (Å²) in [4.78, 5) is 3.21. The standard InChI is InChI=1S/C17H22S2/c1-10-9-18-17(4)14(10)12-6-5-7-13(12)15-16(17,3)8-11(2)19-15/h8,10H,5-7,9H2,1-4H3. The smallest absolute Gasteiger partial charge is 0.0483 e. The van der Waals surface area contributed by atoms with Gasteiger partial charge in [0, 0.05) is 20.8 Å². The van der Waals surface area contributed by atoms with E-state index in [9.17, 15) is 0 Å². The summed E-state index contributed by atoms with van der Waals surface area (Å²) in [5, 5.41) is 0. The van der Waals surface area contributed by atoms with Gasteiger partial charge >= 0.3 is 0 Å². The van der Waals surface area contributed by atoms with Gasteiger partial charge in [0.25, 0.3) is 0 Å². The molecule has 4 aliphatic rings. The molecule has 0 radical (unpaired) electrons. The lowest BCUT2D eigenvalue weighted by molar-refractivity contribution is 0.416. The first kappa shape index (κ1) is 12.6. The van der Waals surface area contributed by atoms with Gasteiger partial charge in [0.15, 0.2) is 0 Å². The van der Waals surface area contributed by atoms with Gasteiger partial charge in [-0.15, -0.1) is 11.8 Å². The van der Waals surface area contributed by atoms with Crippen molar-refractivity contribution in [1.29, 1.82) is 0 Å². The Kier molecular flexibility index (Phi) is 2.50. The topological polar surface area (TPSA) is 0 Å². The highest BCUT2D eigenvalue weighted by Gasteiger charge is 2.59. The minimum absolute atomic E-state index is 0.260. The maximum atomic E-state index is 2.57. The summed E-state index contributed by atoms with van der Waals surface area (Å²) in [5.74, 6) is 2.08. The fourth-order valence-electron chi connectivity index (χ4n) is 4.73. The molecule has 102 valence electrons. The summed E-state index contributed by atoms with van der Waals surface area (Å²) in [6.45, 7) is 9.76. The normalized spacial score (nSPS) is 44.4. The molecule has 3 unspecified atom stereocenters. The van der Waals surface area contributed by atoms with E-state index in [0.29, 0.717) is 4.75 Å². The van der Waals surface area contributed by atoms with Crippen LogP contribution in [0.5, 0.6) is 0 Å². The second-order valence-electron chi connectivity index (χ2n) is 6.86. The van der Waals surface area contributed by atoms with Crippen LogP contribution >= 0.6 is 23.5 Å². The van der Waals surface area contributed by atoms with Crippen LogP contribution in [-0.4, -0.2) is 10.5 Å². The van der Waals surface area contributed by atoms with Gasteiger partial charge in [-0.3, -0.25) is 0 Å². The third-order valence-electron chi connectivity index (χ3n) is 5.66. The van der Waals surface area contributed by atoms with Crippen molar-refractivity contribution in [3.63, 3.8) is 0 Å². The molecule has 0 bridgehead atoms. The first-order chi connectivity index (χ1) is 8.97. The van der Waals surface area contributed by atoms with E-state index in [0.717, 1.165) is 5.92 Å². The zero-order chi connectivity index (χ0) is 13.4. The van der Waals surface area contributed by atoms with Gasteiger partial charge in [0.2, 0.25) is 0 Å². The quantitative estimate of drug-likeness (QED) is 0.575. The Hall–Kier alpha value is -0.0800. The van der Waals surface area contributed by atoms with Crippen LogP contribution in [0.25, 0.3) is 0 Å². The maximum absolute atomic E-state index is 2.57. The molecular weight excluding hydrogens is 268 g/mol. The molecule has 0 nitrogen and oxygen atoms in total. The average molecular weight is 290 g/mol. The number of hydrogen-bond donors (Lipinski definition) is 0. The Morgan fingerprint density at radius 2 is 1.95 bits per heavy atom. The van der Waals surface area contributed by atoms with Crippen LogP contribution in [0.2, 0.25) is 0 Å². The number of fused-ring (bicyclic) bond motifs is 4. The first-order valence-electron chi connectivity index (χ1n) is 7.46. The minimum atomic E-state index is 0.260. The molecule has 3 atom stereocenters. The number of thioether (sulfide) groups is 2. The Bertz CT molecular complexity index is 566. The molecule has 0 spiro atoms. The van der Waals surface area contributed by atoms with E-state index in [1.54, 1.807) is 16.1 Å². The zero-order valence-electron chi connectivity index (χ0n) is 12.3. The van der Waals surface area contributed by atoms with Crippen LogP contribution in [0, 0.1) is 11.3 Å². The number of allylic oxidation sites excluding steroid dienone is 5. The summed E-state index contributed by atoms with van der Waals surface area (Å²) in [5.41, 5.74) is 5.57. The highest BCUT2D eigenvalue weighted by molar-refractivity contribution is 8.07. The van der Waals surface area contributed by atoms with E-state index in [1.165, 1.54) is 29.9 Å². The molecule has 2 aliphatic heterocycles. The molecule has 2 fully saturated rings. The molecular formula is C17H22S2. The van der Waals surface area contributed by atoms with Gasteiger partial charge in [-0.05, 0) is 67.6 Å². The van der Waals surface area contributed by atoms with Crippen LogP contribution in [0.15, 0.2) is 32.6 Å². The van der Waals surface area contributed by atoms with Crippen molar-refractivity contribution in [2.24, 2.45) is 11.3 Å². The summed E-state index contributed by atoms with van der Waals surface area (Å²) in [7, 11) is 0. The lowest BCUT2D eigenvalue weighted by Crippen LogP contribution is -2.42. The summed E-state index contributed by atoms with van der Waals surface area (Å²) >= 11 is 4.28. The third kappa shape index (κ3) is 1.35. The van der Waals surface area contributed by atoms with Gasteiger partial charge < -0.3 is 0 Å². The van der Waals surface area contributed by atoms with Gasteiger partial charge in [-0.1, -0.05) is 24.8 Å². The molecule has 0 aromatic heterocycles. The molecule has 2 aliphatic carbocycles. The maximum Gasteiger partial charge on any atom is 0.0483 e. The highest BCUT2D eigenvalue weighted by atomic mass is 32.2. The molecule has 0 amide bonds. The molecule has 1 saturated heterocycles. The van der Waals surface area contributed by atoms with E-state index < -0.39 is 0 Å².